The van der Waals surface area contributed by atoms with E-state index in [1.165, 1.54) is 20.5 Å². The number of thioether (sulfide) groups is 1. The van der Waals surface area contributed by atoms with Crippen molar-refractivity contribution in [1.29, 1.82) is 0 Å². The zero-order valence-corrected chi connectivity index (χ0v) is 12.1. The van der Waals surface area contributed by atoms with E-state index in [1.807, 2.05) is 11.8 Å². The van der Waals surface area contributed by atoms with Gasteiger partial charge in [0.2, 0.25) is 0 Å². The largest absolute Gasteiger partial charge is 0.323 e. The average molecular weight is 285 g/mol. The highest BCUT2D eigenvalue weighted by Gasteiger charge is 2.10. The molecular weight excluding hydrogens is 270 g/mol. The van der Waals surface area contributed by atoms with Gasteiger partial charge in [0.25, 0.3) is 0 Å². The molecule has 1 unspecified atom stereocenters. The van der Waals surface area contributed by atoms with Crippen molar-refractivity contribution in [1.82, 2.24) is 0 Å². The minimum absolute atomic E-state index is 0.0678. The first-order valence-electron chi connectivity index (χ1n) is 6.24. The molecule has 0 bridgehead atoms. The van der Waals surface area contributed by atoms with E-state index in [4.69, 9.17) is 5.73 Å². The van der Waals surface area contributed by atoms with Crippen LogP contribution in [-0.4, -0.2) is 5.75 Å². The van der Waals surface area contributed by atoms with Crippen molar-refractivity contribution in [2.45, 2.75) is 10.3 Å². The molecule has 2 N–H and O–H groups in total. The first kappa shape index (κ1) is 12.7. The van der Waals surface area contributed by atoms with Crippen LogP contribution in [0.1, 0.15) is 11.6 Å². The Morgan fingerprint density at radius 2 is 1.84 bits per heavy atom. The van der Waals surface area contributed by atoms with E-state index in [9.17, 15) is 0 Å². The summed E-state index contributed by atoms with van der Waals surface area (Å²) in [6, 6.07) is 19.1. The van der Waals surface area contributed by atoms with Gasteiger partial charge in [0.1, 0.15) is 0 Å². The number of nitrogens with two attached hydrogens (primary N) is 1. The third-order valence-electron chi connectivity index (χ3n) is 3.12. The maximum Gasteiger partial charge on any atom is 0.0599 e. The van der Waals surface area contributed by atoms with Gasteiger partial charge in [-0.25, -0.2) is 0 Å². The van der Waals surface area contributed by atoms with Crippen LogP contribution in [0.25, 0.3) is 10.8 Å². The number of rotatable bonds is 4. The van der Waals surface area contributed by atoms with Gasteiger partial charge in [-0.2, -0.15) is 0 Å². The molecule has 0 radical (unpaired) electrons. The predicted octanol–water partition coefficient (Wildman–Crippen LogP) is 4.69. The van der Waals surface area contributed by atoms with Gasteiger partial charge in [-0.1, -0.05) is 48.5 Å². The lowest BCUT2D eigenvalue weighted by molar-refractivity contribution is 0.840. The maximum absolute atomic E-state index is 6.36. The zero-order valence-electron chi connectivity index (χ0n) is 10.5. The second-order valence-electron chi connectivity index (χ2n) is 4.42. The molecule has 1 heterocycles. The van der Waals surface area contributed by atoms with E-state index in [2.05, 4.69) is 60.0 Å². The molecule has 19 heavy (non-hydrogen) atoms. The fourth-order valence-electron chi connectivity index (χ4n) is 2.18. The van der Waals surface area contributed by atoms with Crippen LogP contribution < -0.4 is 5.73 Å². The first-order valence-corrected chi connectivity index (χ1v) is 8.10. The van der Waals surface area contributed by atoms with Crippen LogP contribution in [0.15, 0.2) is 64.2 Å². The van der Waals surface area contributed by atoms with Crippen molar-refractivity contribution in [3.8, 4) is 0 Å². The normalized spacial score (nSPS) is 12.7. The molecule has 0 fully saturated rings. The lowest BCUT2D eigenvalue weighted by atomic mass is 10.0. The van der Waals surface area contributed by atoms with Gasteiger partial charge < -0.3 is 5.73 Å². The molecule has 1 aromatic heterocycles. The SMILES string of the molecule is NC(CSc1cccs1)c1cccc2ccccc12. The fourth-order valence-corrected chi connectivity index (χ4v) is 3.97. The van der Waals surface area contributed by atoms with E-state index in [0.717, 1.165) is 5.75 Å². The van der Waals surface area contributed by atoms with Gasteiger partial charge in [-0.05, 0) is 27.8 Å². The van der Waals surface area contributed by atoms with Crippen molar-refractivity contribution < 1.29 is 0 Å². The molecular formula is C16H15NS2. The third kappa shape index (κ3) is 2.84. The third-order valence-corrected chi connectivity index (χ3v) is 5.37. The number of thiophene rings is 1. The summed E-state index contributed by atoms with van der Waals surface area (Å²) in [5.74, 6) is 0.911. The topological polar surface area (TPSA) is 26.0 Å². The zero-order chi connectivity index (χ0) is 13.1. The van der Waals surface area contributed by atoms with Crippen molar-refractivity contribution in [3.05, 3.63) is 65.5 Å². The minimum atomic E-state index is 0.0678. The van der Waals surface area contributed by atoms with E-state index in [0.29, 0.717) is 0 Å². The number of hydrogen-bond donors (Lipinski definition) is 1. The second-order valence-corrected chi connectivity index (χ2v) is 6.69. The molecule has 1 nitrogen and oxygen atoms in total. The molecule has 0 amide bonds. The highest BCUT2D eigenvalue weighted by Crippen LogP contribution is 2.29. The van der Waals surface area contributed by atoms with Crippen LogP contribution in [0.2, 0.25) is 0 Å². The summed E-state index contributed by atoms with van der Waals surface area (Å²) in [6.45, 7) is 0. The molecule has 0 aliphatic heterocycles. The molecule has 3 rings (SSSR count). The minimum Gasteiger partial charge on any atom is -0.323 e. The molecule has 3 heteroatoms. The van der Waals surface area contributed by atoms with E-state index >= 15 is 0 Å². The van der Waals surface area contributed by atoms with Crippen LogP contribution in [0.5, 0.6) is 0 Å². The van der Waals surface area contributed by atoms with E-state index < -0.39 is 0 Å². The van der Waals surface area contributed by atoms with Crippen molar-refractivity contribution >= 4 is 33.9 Å². The van der Waals surface area contributed by atoms with Crippen LogP contribution in [0, 0.1) is 0 Å². The Balaban J connectivity index is 1.83. The van der Waals surface area contributed by atoms with Crippen molar-refractivity contribution in [2.75, 3.05) is 5.75 Å². The Labute approximate surface area is 121 Å². The smallest absolute Gasteiger partial charge is 0.0599 e. The van der Waals surface area contributed by atoms with Crippen LogP contribution in [-0.2, 0) is 0 Å². The number of fused-ring (bicyclic) bond motifs is 1. The molecule has 1 atom stereocenters. The Morgan fingerprint density at radius 1 is 1.00 bits per heavy atom. The Hall–Kier alpha value is -1.29. The van der Waals surface area contributed by atoms with Gasteiger partial charge >= 0.3 is 0 Å². The molecule has 0 saturated heterocycles. The van der Waals surface area contributed by atoms with Gasteiger partial charge in [-0.15, -0.1) is 23.1 Å². The number of hydrogen-bond acceptors (Lipinski definition) is 3. The quantitative estimate of drug-likeness (QED) is 0.704. The first-order chi connectivity index (χ1) is 9.34. The molecule has 96 valence electrons. The lowest BCUT2D eigenvalue weighted by Gasteiger charge is -2.14. The van der Waals surface area contributed by atoms with Crippen molar-refractivity contribution in [3.63, 3.8) is 0 Å². The summed E-state index contributed by atoms with van der Waals surface area (Å²) in [6.07, 6.45) is 0. The highest BCUT2D eigenvalue weighted by atomic mass is 32.2. The number of benzene rings is 2. The molecule has 2 aromatic carbocycles. The van der Waals surface area contributed by atoms with Gasteiger partial charge in [0, 0.05) is 11.8 Å². The standard InChI is InChI=1S/C16H15NS2/c17-15(11-19-16-9-4-10-18-16)14-8-3-6-12-5-1-2-7-13(12)14/h1-10,15H,11,17H2. The van der Waals surface area contributed by atoms with Crippen LogP contribution in [0.4, 0.5) is 0 Å². The summed E-state index contributed by atoms with van der Waals surface area (Å²) in [5.41, 5.74) is 7.60. The summed E-state index contributed by atoms with van der Waals surface area (Å²) >= 11 is 3.60. The fraction of sp³-hybridized carbons (Fsp3) is 0.125. The maximum atomic E-state index is 6.36. The summed E-state index contributed by atoms with van der Waals surface area (Å²) in [5, 5.41) is 4.63. The van der Waals surface area contributed by atoms with E-state index in [1.54, 1.807) is 11.3 Å². The average Bonchev–Trinajstić information content (AvgIpc) is 2.97. The van der Waals surface area contributed by atoms with E-state index in [-0.39, 0.29) is 6.04 Å². The Kier molecular flexibility index (Phi) is 3.87. The molecule has 0 aliphatic rings. The van der Waals surface area contributed by atoms with Gasteiger partial charge in [0.05, 0.1) is 4.21 Å². The summed E-state index contributed by atoms with van der Waals surface area (Å²) in [7, 11) is 0. The predicted molar refractivity (Wildman–Crippen MR) is 85.9 cm³/mol. The molecule has 0 spiro atoms. The molecule has 0 saturated carbocycles. The summed E-state index contributed by atoms with van der Waals surface area (Å²) < 4.78 is 1.33. The highest BCUT2D eigenvalue weighted by molar-refractivity contribution is 8.01. The molecule has 0 aliphatic carbocycles. The summed E-state index contributed by atoms with van der Waals surface area (Å²) in [4.78, 5) is 0. The molecule has 3 aromatic rings. The Morgan fingerprint density at radius 3 is 2.68 bits per heavy atom. The van der Waals surface area contributed by atoms with Crippen LogP contribution in [0.3, 0.4) is 0 Å². The van der Waals surface area contributed by atoms with Gasteiger partial charge in [-0.3, -0.25) is 0 Å². The second kappa shape index (κ2) is 5.78. The lowest BCUT2D eigenvalue weighted by Crippen LogP contribution is -2.13. The van der Waals surface area contributed by atoms with Gasteiger partial charge in [0.15, 0.2) is 0 Å². The Bertz CT molecular complexity index is 656. The van der Waals surface area contributed by atoms with Crippen molar-refractivity contribution in [2.24, 2.45) is 5.73 Å². The monoisotopic (exact) mass is 285 g/mol. The van der Waals surface area contributed by atoms with Crippen LogP contribution >= 0.6 is 23.1 Å².